The molecule has 3 aromatic heterocycles. The normalized spacial score (nSPS) is 22.3. The Kier molecular flexibility index (Phi) is 5.07. The molecule has 11 heteroatoms. The molecule has 1 spiro atoms. The topological polar surface area (TPSA) is 94.7 Å². The zero-order valence-corrected chi connectivity index (χ0v) is 22.7. The van der Waals surface area contributed by atoms with Gasteiger partial charge in [0.2, 0.25) is 11.8 Å². The van der Waals surface area contributed by atoms with Crippen molar-refractivity contribution >= 4 is 17.2 Å². The Balaban J connectivity index is 1.14. The minimum absolute atomic E-state index is 0.151. The van der Waals surface area contributed by atoms with Gasteiger partial charge in [0.1, 0.15) is 0 Å². The van der Waals surface area contributed by atoms with Gasteiger partial charge in [-0.2, -0.15) is 10.1 Å². The zero-order valence-electron chi connectivity index (χ0n) is 22.7. The van der Waals surface area contributed by atoms with Crippen LogP contribution in [0.5, 0.6) is 11.9 Å². The fourth-order valence-corrected chi connectivity index (χ4v) is 6.53. The number of ether oxygens (including phenoxy) is 2. The van der Waals surface area contributed by atoms with Gasteiger partial charge in [-0.1, -0.05) is 12.1 Å². The molecule has 3 fully saturated rings. The van der Waals surface area contributed by atoms with Crippen molar-refractivity contribution in [2.45, 2.75) is 55.3 Å². The Morgan fingerprint density at radius 1 is 1.10 bits per heavy atom. The van der Waals surface area contributed by atoms with E-state index in [2.05, 4.69) is 21.0 Å². The van der Waals surface area contributed by atoms with E-state index in [0.717, 1.165) is 41.6 Å². The second kappa shape index (κ2) is 8.43. The van der Waals surface area contributed by atoms with Gasteiger partial charge in [0.25, 0.3) is 5.92 Å². The molecule has 4 aliphatic rings. The second-order valence-corrected chi connectivity index (χ2v) is 11.7. The lowest BCUT2D eigenvalue weighted by atomic mass is 9.95. The van der Waals surface area contributed by atoms with Gasteiger partial charge >= 0.3 is 6.01 Å². The van der Waals surface area contributed by atoms with Gasteiger partial charge in [-0.05, 0) is 67.2 Å². The minimum Gasteiger partial charge on any atom is -0.480 e. The first-order chi connectivity index (χ1) is 19.8. The van der Waals surface area contributed by atoms with Crippen LogP contribution in [0.25, 0.3) is 16.9 Å². The Morgan fingerprint density at radius 3 is 2.66 bits per heavy atom. The maximum atomic E-state index is 14.9. The van der Waals surface area contributed by atoms with E-state index < -0.39 is 23.8 Å². The van der Waals surface area contributed by atoms with Crippen LogP contribution in [-0.4, -0.2) is 57.2 Å². The number of alkyl halides is 2. The van der Waals surface area contributed by atoms with Crippen LogP contribution in [0.1, 0.15) is 60.6 Å². The van der Waals surface area contributed by atoms with Crippen molar-refractivity contribution in [3.63, 3.8) is 0 Å². The fourth-order valence-electron chi connectivity index (χ4n) is 6.53. The van der Waals surface area contributed by atoms with Crippen LogP contribution >= 0.6 is 0 Å². The highest BCUT2D eigenvalue weighted by Crippen LogP contribution is 2.61. The van der Waals surface area contributed by atoms with Gasteiger partial charge in [0, 0.05) is 35.8 Å². The lowest BCUT2D eigenvalue weighted by Crippen LogP contribution is -2.42. The van der Waals surface area contributed by atoms with Gasteiger partial charge in [-0.15, -0.1) is 0 Å². The molecule has 4 heterocycles. The molecule has 3 saturated carbocycles. The molecule has 1 amide bonds. The number of rotatable bonds is 8. The third-order valence-electron chi connectivity index (χ3n) is 9.17. The molecule has 1 aromatic carbocycles. The minimum atomic E-state index is -2.86. The van der Waals surface area contributed by atoms with Crippen molar-refractivity contribution in [2.24, 2.45) is 5.92 Å². The van der Waals surface area contributed by atoms with Gasteiger partial charge in [-0.3, -0.25) is 4.79 Å². The first-order valence-corrected chi connectivity index (χ1v) is 14.0. The molecule has 1 aliphatic heterocycles. The maximum Gasteiger partial charge on any atom is 0.319 e. The monoisotopic (exact) mass is 558 g/mol. The van der Waals surface area contributed by atoms with Gasteiger partial charge in [0.05, 0.1) is 37.4 Å². The highest BCUT2D eigenvalue weighted by Gasteiger charge is 2.61. The lowest BCUT2D eigenvalue weighted by Gasteiger charge is -2.25. The number of hydrogen-bond acceptors (Lipinski definition) is 7. The van der Waals surface area contributed by atoms with E-state index in [4.69, 9.17) is 14.6 Å². The van der Waals surface area contributed by atoms with Crippen LogP contribution in [0.4, 0.5) is 14.5 Å². The molecule has 3 aliphatic carbocycles. The van der Waals surface area contributed by atoms with E-state index >= 15 is 0 Å². The van der Waals surface area contributed by atoms with Crippen molar-refractivity contribution in [1.29, 1.82) is 0 Å². The third-order valence-corrected chi connectivity index (χ3v) is 9.17. The Hall–Kier alpha value is -4.15. The predicted octanol–water partition coefficient (Wildman–Crippen LogP) is 4.90. The molecule has 0 saturated heterocycles. The Morgan fingerprint density at radius 2 is 1.93 bits per heavy atom. The summed E-state index contributed by atoms with van der Waals surface area (Å²) in [5.41, 5.74) is 5.06. The summed E-state index contributed by atoms with van der Waals surface area (Å²) in [6, 6.07) is 8.26. The van der Waals surface area contributed by atoms with Crippen molar-refractivity contribution in [3.8, 4) is 23.1 Å². The predicted molar refractivity (Wildman–Crippen MR) is 145 cm³/mol. The first-order valence-electron chi connectivity index (χ1n) is 14.0. The third kappa shape index (κ3) is 3.74. The van der Waals surface area contributed by atoms with E-state index in [9.17, 15) is 13.6 Å². The molecule has 4 aromatic rings. The summed E-state index contributed by atoms with van der Waals surface area (Å²) in [7, 11) is 3.03. The number of nitrogens with zero attached hydrogens (tertiary/aromatic N) is 6. The number of benzene rings is 1. The number of halogens is 2. The van der Waals surface area contributed by atoms with Crippen LogP contribution in [0.15, 0.2) is 42.9 Å². The Labute approximate surface area is 234 Å². The van der Waals surface area contributed by atoms with E-state index in [-0.39, 0.29) is 23.8 Å². The standard InChI is InChI=1S/C30H28F2N6O3/c1-40-26-21(14-34-28(35-26)41-2)23-13-20(25-33-9-10-38(25)36-23)19-12-18(19)16-3-6-22-24(11-16)37(27(39)29(22)7-8-29)15-30(31,32)17-4-5-17/h3,6,9-11,13-14,17-19H,4-5,7-8,12,15H2,1-2H3/t18?,19-/m0/s1. The quantitative estimate of drug-likeness (QED) is 0.304. The van der Waals surface area contributed by atoms with Gasteiger partial charge in [-0.25, -0.2) is 23.3 Å². The smallest absolute Gasteiger partial charge is 0.319 e. The fraction of sp³-hybridized carbons (Fsp3) is 0.433. The Bertz CT molecular complexity index is 1730. The average Bonchev–Trinajstić information content (AvgIpc) is 3.87. The van der Waals surface area contributed by atoms with Gasteiger partial charge in [0.15, 0.2) is 5.65 Å². The summed E-state index contributed by atoms with van der Waals surface area (Å²) in [5.74, 6) is -2.97. The number of carbonyl (C=O) groups is 1. The number of methoxy groups -OCH3 is 2. The molecule has 1 unspecified atom stereocenters. The van der Waals surface area contributed by atoms with E-state index in [0.29, 0.717) is 35.7 Å². The molecule has 0 radical (unpaired) electrons. The van der Waals surface area contributed by atoms with Crippen molar-refractivity contribution < 1.29 is 23.0 Å². The van der Waals surface area contributed by atoms with Crippen LogP contribution in [0.2, 0.25) is 0 Å². The number of imidazole rings is 1. The number of carbonyl (C=O) groups excluding carboxylic acids is 1. The first kappa shape index (κ1) is 24.6. The molecule has 210 valence electrons. The number of aromatic nitrogens is 5. The summed E-state index contributed by atoms with van der Waals surface area (Å²) in [4.78, 5) is 27.9. The van der Waals surface area contributed by atoms with Crippen LogP contribution in [0.3, 0.4) is 0 Å². The summed E-state index contributed by atoms with van der Waals surface area (Å²) >= 11 is 0. The molecular weight excluding hydrogens is 530 g/mol. The van der Waals surface area contributed by atoms with E-state index in [1.165, 1.54) is 19.1 Å². The number of anilines is 1. The van der Waals surface area contributed by atoms with Crippen molar-refractivity contribution in [1.82, 2.24) is 24.6 Å². The summed E-state index contributed by atoms with van der Waals surface area (Å²) in [5, 5.41) is 4.72. The van der Waals surface area contributed by atoms with Crippen LogP contribution in [-0.2, 0) is 10.2 Å². The highest BCUT2D eigenvalue weighted by atomic mass is 19.3. The molecular formula is C30H28F2N6O3. The van der Waals surface area contributed by atoms with Crippen molar-refractivity contribution in [3.05, 3.63) is 59.5 Å². The molecule has 0 N–H and O–H groups in total. The number of amides is 1. The SMILES string of the molecule is COc1ncc(-c2cc([C@H]3CC3c3ccc4c(c3)N(CC(F)(F)C3CC3)C(=O)C43CC3)c3nccn3n2)c(OC)n1. The summed E-state index contributed by atoms with van der Waals surface area (Å²) < 4.78 is 42.2. The van der Waals surface area contributed by atoms with Crippen LogP contribution < -0.4 is 14.4 Å². The molecule has 0 bridgehead atoms. The summed E-state index contributed by atoms with van der Waals surface area (Å²) in [6.07, 6.45) is 8.52. The van der Waals surface area contributed by atoms with Crippen LogP contribution in [0, 0.1) is 5.92 Å². The van der Waals surface area contributed by atoms with E-state index in [1.54, 1.807) is 23.1 Å². The maximum absolute atomic E-state index is 14.9. The van der Waals surface area contributed by atoms with Crippen molar-refractivity contribution in [2.75, 3.05) is 25.7 Å². The number of hydrogen-bond donors (Lipinski definition) is 0. The largest absolute Gasteiger partial charge is 0.480 e. The molecule has 9 nitrogen and oxygen atoms in total. The highest BCUT2D eigenvalue weighted by molar-refractivity contribution is 6.10. The molecule has 8 rings (SSSR count). The average molecular weight is 559 g/mol. The molecule has 2 atom stereocenters. The zero-order chi connectivity index (χ0) is 28.1. The second-order valence-electron chi connectivity index (χ2n) is 11.7. The lowest BCUT2D eigenvalue weighted by molar-refractivity contribution is -0.121. The van der Waals surface area contributed by atoms with Gasteiger partial charge < -0.3 is 14.4 Å². The summed E-state index contributed by atoms with van der Waals surface area (Å²) in [6.45, 7) is -0.531. The molecule has 41 heavy (non-hydrogen) atoms. The number of fused-ring (bicyclic) bond motifs is 3. The van der Waals surface area contributed by atoms with E-state index in [1.807, 2.05) is 18.2 Å².